The van der Waals surface area contributed by atoms with Crippen LogP contribution >= 0.6 is 0 Å². The van der Waals surface area contributed by atoms with Gasteiger partial charge >= 0.3 is 5.97 Å². The second-order valence-corrected chi connectivity index (χ2v) is 6.29. The molecule has 0 unspecified atom stereocenters. The fourth-order valence-electron chi connectivity index (χ4n) is 2.95. The van der Waals surface area contributed by atoms with E-state index in [0.29, 0.717) is 24.1 Å². The zero-order valence-corrected chi connectivity index (χ0v) is 14.6. The molecule has 0 heterocycles. The number of carboxylic acid groups (broad SMARTS) is 1. The summed E-state index contributed by atoms with van der Waals surface area (Å²) in [6.07, 6.45) is 0.727. The van der Waals surface area contributed by atoms with Crippen molar-refractivity contribution in [3.05, 3.63) is 41.0 Å². The third-order valence-electron chi connectivity index (χ3n) is 4.57. The molecule has 1 aliphatic carbocycles. The Balaban J connectivity index is 2.10. The number of hydrogen-bond donors (Lipinski definition) is 1. The van der Waals surface area contributed by atoms with E-state index in [1.54, 1.807) is 31.2 Å². The molecule has 0 radical (unpaired) electrons. The first-order valence-corrected chi connectivity index (χ1v) is 8.27. The molecule has 0 aliphatic heterocycles. The van der Waals surface area contributed by atoms with E-state index in [1.165, 1.54) is 0 Å². The van der Waals surface area contributed by atoms with Crippen molar-refractivity contribution in [3.63, 3.8) is 0 Å². The molecule has 0 saturated carbocycles. The van der Waals surface area contributed by atoms with Crippen molar-refractivity contribution < 1.29 is 24.2 Å². The molecule has 6 nitrogen and oxygen atoms in total. The van der Waals surface area contributed by atoms with Gasteiger partial charge in [-0.15, -0.1) is 0 Å². The number of hydrogen-bond acceptors (Lipinski definition) is 5. The summed E-state index contributed by atoms with van der Waals surface area (Å²) in [6, 6.07) is 6.30. The molecule has 0 aromatic heterocycles. The lowest BCUT2D eigenvalue weighted by Gasteiger charge is -2.32. The number of amides is 1. The van der Waals surface area contributed by atoms with E-state index in [-0.39, 0.29) is 12.5 Å². The van der Waals surface area contributed by atoms with Crippen molar-refractivity contribution in [3.8, 4) is 0 Å². The molecule has 134 valence electrons. The Kier molecular flexibility index (Phi) is 5.96. The molecular weight excluding hydrogens is 322 g/mol. The average molecular weight is 344 g/mol. The van der Waals surface area contributed by atoms with Gasteiger partial charge in [-0.25, -0.2) is 4.79 Å². The number of carboxylic acids is 1. The maximum absolute atomic E-state index is 12.5. The zero-order chi connectivity index (χ0) is 18.6. The molecule has 1 aromatic carbocycles. The molecular formula is C19H22NO5-. The van der Waals surface area contributed by atoms with Crippen LogP contribution in [0.4, 0.5) is 5.69 Å². The minimum atomic E-state index is -1.20. The molecule has 1 N–H and O–H groups in total. The SMILES string of the molecule is CCOC(=O)c1ccc(NC(=O)[C@@H]2CC(C)=C(C)C[C@H]2C(=O)[O-])cc1. The Bertz CT molecular complexity index is 705. The van der Waals surface area contributed by atoms with E-state index in [0.717, 1.165) is 11.1 Å². The first-order chi connectivity index (χ1) is 11.8. The molecule has 25 heavy (non-hydrogen) atoms. The van der Waals surface area contributed by atoms with E-state index < -0.39 is 23.8 Å². The quantitative estimate of drug-likeness (QED) is 0.650. The van der Waals surface area contributed by atoms with E-state index in [4.69, 9.17) is 4.74 Å². The number of anilines is 1. The minimum Gasteiger partial charge on any atom is -0.550 e. The number of benzene rings is 1. The highest BCUT2D eigenvalue weighted by Gasteiger charge is 2.33. The lowest BCUT2D eigenvalue weighted by molar-refractivity contribution is -0.313. The van der Waals surface area contributed by atoms with E-state index in [1.807, 2.05) is 13.8 Å². The first kappa shape index (κ1) is 18.7. The van der Waals surface area contributed by atoms with Crippen LogP contribution in [0.1, 0.15) is 44.0 Å². The van der Waals surface area contributed by atoms with Crippen LogP contribution in [0.15, 0.2) is 35.4 Å². The highest BCUT2D eigenvalue weighted by Crippen LogP contribution is 2.34. The number of carbonyl (C=O) groups excluding carboxylic acids is 3. The topological polar surface area (TPSA) is 95.5 Å². The predicted octanol–water partition coefficient (Wildman–Crippen LogP) is 1.91. The maximum Gasteiger partial charge on any atom is 0.338 e. The van der Waals surface area contributed by atoms with E-state index >= 15 is 0 Å². The number of carbonyl (C=O) groups is 3. The van der Waals surface area contributed by atoms with Crippen LogP contribution in [0, 0.1) is 11.8 Å². The van der Waals surface area contributed by atoms with Crippen LogP contribution in [0.2, 0.25) is 0 Å². The van der Waals surface area contributed by atoms with E-state index in [9.17, 15) is 19.5 Å². The predicted molar refractivity (Wildman–Crippen MR) is 90.6 cm³/mol. The number of rotatable bonds is 5. The highest BCUT2D eigenvalue weighted by atomic mass is 16.5. The van der Waals surface area contributed by atoms with Gasteiger partial charge in [-0.1, -0.05) is 11.1 Å². The molecule has 2 atom stereocenters. The molecule has 6 heteroatoms. The molecule has 1 aliphatic rings. The standard InChI is InChI=1S/C19H23NO5/c1-4-25-19(24)13-5-7-14(8-6-13)20-17(21)15-9-11(2)12(3)10-16(15)18(22)23/h5-8,15-16H,4,9-10H2,1-3H3,(H,20,21)(H,22,23)/p-1/t15-,16-/m1/s1. The van der Waals surface area contributed by atoms with Gasteiger partial charge in [-0.2, -0.15) is 0 Å². The number of esters is 1. The summed E-state index contributed by atoms with van der Waals surface area (Å²) in [5, 5.41) is 14.1. The summed E-state index contributed by atoms with van der Waals surface area (Å²) < 4.78 is 4.90. The minimum absolute atomic E-state index is 0.288. The van der Waals surface area contributed by atoms with Crippen molar-refractivity contribution in [1.29, 1.82) is 0 Å². The zero-order valence-electron chi connectivity index (χ0n) is 14.6. The molecule has 1 aromatic rings. The Morgan fingerprint density at radius 3 is 2.16 bits per heavy atom. The summed E-state index contributed by atoms with van der Waals surface area (Å²) in [5.41, 5.74) is 2.92. The van der Waals surface area contributed by atoms with Gasteiger partial charge in [0, 0.05) is 17.6 Å². The molecule has 0 spiro atoms. The average Bonchev–Trinajstić information content (AvgIpc) is 2.57. The summed E-state index contributed by atoms with van der Waals surface area (Å²) in [5.74, 6) is -3.49. The van der Waals surface area contributed by atoms with Crippen LogP contribution in [-0.4, -0.2) is 24.5 Å². The molecule has 2 rings (SSSR count). The summed E-state index contributed by atoms with van der Waals surface area (Å²) in [6.45, 7) is 5.81. The smallest absolute Gasteiger partial charge is 0.338 e. The van der Waals surface area contributed by atoms with Gasteiger partial charge in [0.2, 0.25) is 5.91 Å². The Labute approximate surface area is 146 Å². The first-order valence-electron chi connectivity index (χ1n) is 8.27. The van der Waals surface area contributed by atoms with Gasteiger partial charge in [-0.05, 0) is 57.9 Å². The Morgan fingerprint density at radius 2 is 1.64 bits per heavy atom. The van der Waals surface area contributed by atoms with Crippen LogP contribution in [-0.2, 0) is 14.3 Å². The van der Waals surface area contributed by atoms with E-state index in [2.05, 4.69) is 5.32 Å². The molecule has 0 fully saturated rings. The third kappa shape index (κ3) is 4.47. The molecule has 0 bridgehead atoms. The fourth-order valence-corrected chi connectivity index (χ4v) is 2.95. The molecule has 0 saturated heterocycles. The lowest BCUT2D eigenvalue weighted by Crippen LogP contribution is -2.42. The second-order valence-electron chi connectivity index (χ2n) is 6.29. The number of nitrogens with one attached hydrogen (secondary N) is 1. The van der Waals surface area contributed by atoms with Crippen molar-refractivity contribution in [1.82, 2.24) is 0 Å². The number of ether oxygens (including phenoxy) is 1. The summed E-state index contributed by atoms with van der Waals surface area (Å²) in [4.78, 5) is 35.6. The van der Waals surface area contributed by atoms with Gasteiger partial charge in [0.25, 0.3) is 0 Å². The highest BCUT2D eigenvalue weighted by molar-refractivity contribution is 5.96. The fraction of sp³-hybridized carbons (Fsp3) is 0.421. The van der Waals surface area contributed by atoms with Gasteiger partial charge in [0.15, 0.2) is 0 Å². The lowest BCUT2D eigenvalue weighted by atomic mass is 9.76. The van der Waals surface area contributed by atoms with Crippen molar-refractivity contribution in [2.75, 3.05) is 11.9 Å². The maximum atomic E-state index is 12.5. The third-order valence-corrected chi connectivity index (χ3v) is 4.57. The molecule has 1 amide bonds. The van der Waals surface area contributed by atoms with Crippen LogP contribution in [0.5, 0.6) is 0 Å². The van der Waals surface area contributed by atoms with Gasteiger partial charge in [-0.3, -0.25) is 4.79 Å². The van der Waals surface area contributed by atoms with Gasteiger partial charge in [0.1, 0.15) is 0 Å². The van der Waals surface area contributed by atoms with Crippen molar-refractivity contribution in [2.45, 2.75) is 33.6 Å². The summed E-state index contributed by atoms with van der Waals surface area (Å²) in [7, 11) is 0. The normalized spacial score (nSPS) is 20.1. The largest absolute Gasteiger partial charge is 0.550 e. The number of allylic oxidation sites excluding steroid dienone is 2. The number of aliphatic carboxylic acids is 1. The monoisotopic (exact) mass is 344 g/mol. The van der Waals surface area contributed by atoms with Crippen molar-refractivity contribution >= 4 is 23.5 Å². The second kappa shape index (κ2) is 7.96. The Hall–Kier alpha value is -2.63. The van der Waals surface area contributed by atoms with Crippen LogP contribution in [0.25, 0.3) is 0 Å². The van der Waals surface area contributed by atoms with Crippen molar-refractivity contribution in [2.24, 2.45) is 11.8 Å². The van der Waals surface area contributed by atoms with Gasteiger partial charge < -0.3 is 20.0 Å². The Morgan fingerprint density at radius 1 is 1.08 bits per heavy atom. The summed E-state index contributed by atoms with van der Waals surface area (Å²) >= 11 is 0. The van der Waals surface area contributed by atoms with Gasteiger partial charge in [0.05, 0.1) is 18.1 Å². The van der Waals surface area contributed by atoms with Crippen LogP contribution < -0.4 is 10.4 Å². The van der Waals surface area contributed by atoms with Crippen LogP contribution in [0.3, 0.4) is 0 Å².